The largest absolute Gasteiger partial charge is 0.368 e. The lowest BCUT2D eigenvalue weighted by atomic mass is 10.0. The number of carbonyl (C=O) groups is 1. The maximum absolute atomic E-state index is 11.7. The van der Waals surface area contributed by atoms with Gasteiger partial charge < -0.3 is 11.1 Å². The normalized spacial score (nSPS) is 24.3. The summed E-state index contributed by atoms with van der Waals surface area (Å²) in [6, 6.07) is 7.30. The quantitative estimate of drug-likeness (QED) is 0.864. The number of nitrogens with two attached hydrogens (primary N) is 1. The average Bonchev–Trinajstić information content (AvgIpc) is 2.76. The van der Waals surface area contributed by atoms with Crippen molar-refractivity contribution in [2.45, 2.75) is 30.6 Å². The van der Waals surface area contributed by atoms with Gasteiger partial charge in [0.2, 0.25) is 5.91 Å². The molecule has 0 unspecified atom stereocenters. The fourth-order valence-electron chi connectivity index (χ4n) is 2.36. The molecule has 1 aromatic carbocycles. The summed E-state index contributed by atoms with van der Waals surface area (Å²) >= 11 is 5.40. The molecule has 1 heterocycles. The highest BCUT2D eigenvalue weighted by Gasteiger charge is 2.31. The Morgan fingerprint density at radius 1 is 1.63 bits per heavy atom. The SMILES string of the molecule is C[C@]1(CN[C@@H](C(N)=O)c2cccc(Br)c2)CCCS1. The predicted octanol–water partition coefficient (Wildman–Crippen LogP) is 2.85. The van der Waals surface area contributed by atoms with Gasteiger partial charge in [-0.3, -0.25) is 4.79 Å². The second kappa shape index (κ2) is 6.29. The van der Waals surface area contributed by atoms with E-state index >= 15 is 0 Å². The van der Waals surface area contributed by atoms with Gasteiger partial charge in [-0.15, -0.1) is 0 Å². The Bertz CT molecular complexity index is 461. The van der Waals surface area contributed by atoms with Gasteiger partial charge in [-0.2, -0.15) is 11.8 Å². The van der Waals surface area contributed by atoms with Crippen LogP contribution in [-0.4, -0.2) is 23.0 Å². The van der Waals surface area contributed by atoms with Crippen LogP contribution in [0.3, 0.4) is 0 Å². The summed E-state index contributed by atoms with van der Waals surface area (Å²) in [6.45, 7) is 3.05. The first-order chi connectivity index (χ1) is 9.00. The summed E-state index contributed by atoms with van der Waals surface area (Å²) in [5.41, 5.74) is 6.43. The number of hydrogen-bond acceptors (Lipinski definition) is 3. The van der Waals surface area contributed by atoms with Crippen molar-refractivity contribution in [1.29, 1.82) is 0 Å². The van der Waals surface area contributed by atoms with Crippen LogP contribution < -0.4 is 11.1 Å². The lowest BCUT2D eigenvalue weighted by molar-refractivity contribution is -0.120. The van der Waals surface area contributed by atoms with Gasteiger partial charge in [-0.25, -0.2) is 0 Å². The molecule has 2 atom stereocenters. The fraction of sp³-hybridized carbons (Fsp3) is 0.500. The predicted molar refractivity (Wildman–Crippen MR) is 84.2 cm³/mol. The van der Waals surface area contributed by atoms with Crippen molar-refractivity contribution in [3.05, 3.63) is 34.3 Å². The minimum atomic E-state index is -0.421. The van der Waals surface area contributed by atoms with Gasteiger partial charge in [-0.05, 0) is 43.2 Å². The van der Waals surface area contributed by atoms with E-state index in [1.807, 2.05) is 36.0 Å². The molecule has 0 bridgehead atoms. The number of amides is 1. The zero-order valence-electron chi connectivity index (χ0n) is 11.0. The van der Waals surface area contributed by atoms with Crippen LogP contribution >= 0.6 is 27.7 Å². The molecule has 0 aliphatic carbocycles. The molecule has 5 heteroatoms. The number of hydrogen-bond donors (Lipinski definition) is 2. The zero-order chi connectivity index (χ0) is 13.9. The Hall–Kier alpha value is -0.520. The summed E-state index contributed by atoms with van der Waals surface area (Å²) < 4.78 is 1.18. The summed E-state index contributed by atoms with van der Waals surface area (Å²) in [6.07, 6.45) is 2.44. The highest BCUT2D eigenvalue weighted by atomic mass is 79.9. The van der Waals surface area contributed by atoms with Gasteiger partial charge in [0.1, 0.15) is 6.04 Å². The van der Waals surface area contributed by atoms with Gasteiger partial charge >= 0.3 is 0 Å². The Kier molecular flexibility index (Phi) is 4.92. The van der Waals surface area contributed by atoms with Crippen LogP contribution in [0.2, 0.25) is 0 Å². The highest BCUT2D eigenvalue weighted by molar-refractivity contribution is 9.10. The topological polar surface area (TPSA) is 55.1 Å². The van der Waals surface area contributed by atoms with Crippen molar-refractivity contribution in [1.82, 2.24) is 5.32 Å². The van der Waals surface area contributed by atoms with Crippen molar-refractivity contribution >= 4 is 33.6 Å². The van der Waals surface area contributed by atoms with E-state index < -0.39 is 6.04 Å². The molecule has 1 fully saturated rings. The van der Waals surface area contributed by atoms with Crippen molar-refractivity contribution in [3.63, 3.8) is 0 Å². The Morgan fingerprint density at radius 3 is 3.00 bits per heavy atom. The monoisotopic (exact) mass is 342 g/mol. The Labute approximate surface area is 126 Å². The molecule has 1 aliphatic rings. The molecule has 0 radical (unpaired) electrons. The lowest BCUT2D eigenvalue weighted by Crippen LogP contribution is -2.40. The first-order valence-electron chi connectivity index (χ1n) is 6.42. The molecule has 2 rings (SSSR count). The van der Waals surface area contributed by atoms with E-state index in [1.54, 1.807) is 0 Å². The summed E-state index contributed by atoms with van der Waals surface area (Å²) in [5.74, 6) is 0.876. The summed E-state index contributed by atoms with van der Waals surface area (Å²) in [4.78, 5) is 11.7. The van der Waals surface area contributed by atoms with E-state index in [-0.39, 0.29) is 10.7 Å². The van der Waals surface area contributed by atoms with Crippen LogP contribution in [0.25, 0.3) is 0 Å². The number of primary amides is 1. The molecule has 0 saturated carbocycles. The smallest absolute Gasteiger partial charge is 0.239 e. The van der Waals surface area contributed by atoms with Crippen LogP contribution in [0.4, 0.5) is 0 Å². The van der Waals surface area contributed by atoms with E-state index in [0.29, 0.717) is 0 Å². The molecule has 1 amide bonds. The van der Waals surface area contributed by atoms with Gasteiger partial charge in [0, 0.05) is 15.8 Å². The van der Waals surface area contributed by atoms with E-state index in [0.717, 1.165) is 16.6 Å². The fourth-order valence-corrected chi connectivity index (χ4v) is 4.04. The number of nitrogens with one attached hydrogen (secondary N) is 1. The van der Waals surface area contributed by atoms with Gasteiger partial charge in [-0.1, -0.05) is 28.1 Å². The third kappa shape index (κ3) is 3.97. The molecule has 0 aromatic heterocycles. The minimum Gasteiger partial charge on any atom is -0.368 e. The number of rotatable bonds is 5. The number of thioether (sulfide) groups is 1. The average molecular weight is 343 g/mol. The number of benzene rings is 1. The Balaban J connectivity index is 2.06. The van der Waals surface area contributed by atoms with E-state index in [9.17, 15) is 4.79 Å². The molecular weight excluding hydrogens is 324 g/mol. The highest BCUT2D eigenvalue weighted by Crippen LogP contribution is 2.37. The van der Waals surface area contributed by atoms with Crippen LogP contribution in [0.1, 0.15) is 31.4 Å². The molecular formula is C14H19BrN2OS. The first kappa shape index (κ1) is 14.9. The second-order valence-corrected chi connectivity index (χ2v) is 7.77. The van der Waals surface area contributed by atoms with Crippen LogP contribution in [0, 0.1) is 0 Å². The zero-order valence-corrected chi connectivity index (χ0v) is 13.4. The van der Waals surface area contributed by atoms with Gasteiger partial charge in [0.25, 0.3) is 0 Å². The van der Waals surface area contributed by atoms with Crippen molar-refractivity contribution in [2.24, 2.45) is 5.73 Å². The van der Waals surface area contributed by atoms with E-state index in [2.05, 4.69) is 28.2 Å². The second-order valence-electron chi connectivity index (χ2n) is 5.17. The van der Waals surface area contributed by atoms with E-state index in [1.165, 1.54) is 18.6 Å². The molecule has 3 nitrogen and oxygen atoms in total. The maximum atomic E-state index is 11.7. The number of halogens is 1. The van der Waals surface area contributed by atoms with Crippen LogP contribution in [0.5, 0.6) is 0 Å². The molecule has 1 aromatic rings. The van der Waals surface area contributed by atoms with Gasteiger partial charge in [0.05, 0.1) is 0 Å². The number of carbonyl (C=O) groups excluding carboxylic acids is 1. The minimum absolute atomic E-state index is 0.222. The Morgan fingerprint density at radius 2 is 2.42 bits per heavy atom. The molecule has 1 saturated heterocycles. The molecule has 0 spiro atoms. The standard InChI is InChI=1S/C14H19BrN2OS/c1-14(6-3-7-19-14)9-17-12(13(16)18)10-4-2-5-11(15)8-10/h2,4-5,8,12,17H,3,6-7,9H2,1H3,(H2,16,18)/t12-,14-/m1/s1. The maximum Gasteiger partial charge on any atom is 0.239 e. The van der Waals surface area contributed by atoms with Crippen LogP contribution in [-0.2, 0) is 4.79 Å². The summed E-state index contributed by atoms with van der Waals surface area (Å²) in [5, 5.41) is 3.33. The molecule has 3 N–H and O–H groups in total. The molecule has 104 valence electrons. The van der Waals surface area contributed by atoms with Crippen molar-refractivity contribution in [2.75, 3.05) is 12.3 Å². The summed E-state index contributed by atoms with van der Waals surface area (Å²) in [7, 11) is 0. The third-order valence-electron chi connectivity index (χ3n) is 3.45. The first-order valence-corrected chi connectivity index (χ1v) is 8.20. The molecule has 19 heavy (non-hydrogen) atoms. The van der Waals surface area contributed by atoms with Crippen molar-refractivity contribution in [3.8, 4) is 0 Å². The van der Waals surface area contributed by atoms with Gasteiger partial charge in [0.15, 0.2) is 0 Å². The van der Waals surface area contributed by atoms with E-state index in [4.69, 9.17) is 5.73 Å². The lowest BCUT2D eigenvalue weighted by Gasteiger charge is -2.26. The third-order valence-corrected chi connectivity index (χ3v) is 5.48. The molecule has 1 aliphatic heterocycles. The van der Waals surface area contributed by atoms with Crippen LogP contribution in [0.15, 0.2) is 28.7 Å². The van der Waals surface area contributed by atoms with Crippen molar-refractivity contribution < 1.29 is 4.79 Å².